The van der Waals surface area contributed by atoms with Crippen LogP contribution in [0.2, 0.25) is 0 Å². The largest absolute Gasteiger partial charge is 0.493 e. The predicted octanol–water partition coefficient (Wildman–Crippen LogP) is 4.19. The zero-order valence-corrected chi connectivity index (χ0v) is 19.3. The summed E-state index contributed by atoms with van der Waals surface area (Å²) in [5.41, 5.74) is 0.600. The van der Waals surface area contributed by atoms with Gasteiger partial charge in [0.2, 0.25) is 0 Å². The van der Waals surface area contributed by atoms with Crippen molar-refractivity contribution in [2.24, 2.45) is 0 Å². The van der Waals surface area contributed by atoms with Gasteiger partial charge in [0.15, 0.2) is 11.5 Å². The van der Waals surface area contributed by atoms with Crippen molar-refractivity contribution in [1.82, 2.24) is 19.7 Å². The topological polar surface area (TPSA) is 69.5 Å². The number of methoxy groups -OCH3 is 1. The number of hydrogen-bond acceptors (Lipinski definition) is 5. The van der Waals surface area contributed by atoms with Crippen LogP contribution in [0.4, 0.5) is 0 Å². The van der Waals surface area contributed by atoms with Crippen LogP contribution in [0.1, 0.15) is 67.0 Å². The van der Waals surface area contributed by atoms with Gasteiger partial charge >= 0.3 is 0 Å². The summed E-state index contributed by atoms with van der Waals surface area (Å²) in [5, 5.41) is 8.99. The second kappa shape index (κ2) is 9.37. The Bertz CT molecular complexity index is 914. The number of carbonyl (C=O) groups excluding carboxylic acids is 1. The number of likely N-dealkylation sites (tertiary alicyclic amines) is 1. The van der Waals surface area contributed by atoms with Crippen LogP contribution in [0.5, 0.6) is 11.5 Å². The van der Waals surface area contributed by atoms with Crippen molar-refractivity contribution in [1.29, 1.82) is 0 Å². The smallest absolute Gasteiger partial charge is 0.254 e. The molecule has 0 aliphatic carbocycles. The van der Waals surface area contributed by atoms with E-state index in [4.69, 9.17) is 9.47 Å². The summed E-state index contributed by atoms with van der Waals surface area (Å²) >= 11 is 3.53. The number of ether oxygens (including phenoxy) is 2. The molecule has 2 aliphatic heterocycles. The lowest BCUT2D eigenvalue weighted by Crippen LogP contribution is -2.39. The molecule has 1 amide bonds. The van der Waals surface area contributed by atoms with E-state index in [0.29, 0.717) is 30.2 Å². The van der Waals surface area contributed by atoms with E-state index in [9.17, 15) is 4.79 Å². The zero-order valence-electron chi connectivity index (χ0n) is 17.7. The standard InChI is InChI=1S/C22H29BrN4O3/c1-3-30-20-17(23)12-16(13-18(20)29-2)22(28)26-10-7-8-15(14-26)21-25-24-19-9-5-4-6-11-27(19)21/h12-13,15H,3-11,14H2,1-2H3. The first-order valence-corrected chi connectivity index (χ1v) is 11.6. The molecule has 0 saturated carbocycles. The van der Waals surface area contributed by atoms with Gasteiger partial charge in [0, 0.05) is 37.5 Å². The minimum Gasteiger partial charge on any atom is -0.493 e. The molecule has 1 unspecified atom stereocenters. The fourth-order valence-corrected chi connectivity index (χ4v) is 5.05. The number of aromatic nitrogens is 3. The number of halogens is 1. The second-order valence-corrected chi connectivity index (χ2v) is 8.80. The zero-order chi connectivity index (χ0) is 21.1. The van der Waals surface area contributed by atoms with Gasteiger partial charge in [-0.25, -0.2) is 0 Å². The van der Waals surface area contributed by atoms with Gasteiger partial charge in [-0.15, -0.1) is 10.2 Å². The molecule has 0 N–H and O–H groups in total. The van der Waals surface area contributed by atoms with E-state index in [0.717, 1.165) is 48.5 Å². The molecule has 0 radical (unpaired) electrons. The number of hydrogen-bond donors (Lipinski definition) is 0. The van der Waals surface area contributed by atoms with Gasteiger partial charge in [-0.3, -0.25) is 4.79 Å². The highest BCUT2D eigenvalue weighted by Gasteiger charge is 2.30. The summed E-state index contributed by atoms with van der Waals surface area (Å²) in [6.07, 6.45) is 6.61. The van der Waals surface area contributed by atoms with Crippen molar-refractivity contribution in [3.63, 3.8) is 0 Å². The molecule has 1 fully saturated rings. The van der Waals surface area contributed by atoms with Gasteiger partial charge in [0.05, 0.1) is 18.2 Å². The first-order valence-electron chi connectivity index (χ1n) is 10.8. The van der Waals surface area contributed by atoms with Crippen LogP contribution in [0.15, 0.2) is 16.6 Å². The lowest BCUT2D eigenvalue weighted by Gasteiger charge is -2.32. The predicted molar refractivity (Wildman–Crippen MR) is 117 cm³/mol. The van der Waals surface area contributed by atoms with Gasteiger partial charge < -0.3 is 18.9 Å². The minimum absolute atomic E-state index is 0.0114. The van der Waals surface area contributed by atoms with Crippen molar-refractivity contribution in [3.05, 3.63) is 33.8 Å². The Morgan fingerprint density at radius 3 is 2.87 bits per heavy atom. The summed E-state index contributed by atoms with van der Waals surface area (Å²) in [6, 6.07) is 3.59. The number of benzene rings is 1. The van der Waals surface area contributed by atoms with E-state index >= 15 is 0 Å². The quantitative estimate of drug-likeness (QED) is 0.646. The van der Waals surface area contributed by atoms with Gasteiger partial charge in [0.25, 0.3) is 5.91 Å². The van der Waals surface area contributed by atoms with Crippen molar-refractivity contribution >= 4 is 21.8 Å². The van der Waals surface area contributed by atoms with Gasteiger partial charge in [-0.05, 0) is 60.7 Å². The molecule has 1 aromatic heterocycles. The molecule has 0 bridgehead atoms. The monoisotopic (exact) mass is 476 g/mol. The van der Waals surface area contributed by atoms with Crippen LogP contribution in [0, 0.1) is 0 Å². The normalized spacial score (nSPS) is 19.2. The Labute approximate surface area is 185 Å². The molecule has 1 aromatic carbocycles. The first kappa shape index (κ1) is 21.2. The molecular weight excluding hydrogens is 448 g/mol. The number of nitrogens with zero attached hydrogens (tertiary/aromatic N) is 4. The SMILES string of the molecule is CCOc1c(Br)cc(C(=O)N2CCCC(c3nnc4n3CCCCC4)C2)cc1OC. The number of piperidine rings is 1. The van der Waals surface area contributed by atoms with Gasteiger partial charge in [0.1, 0.15) is 11.6 Å². The Kier molecular flexibility index (Phi) is 6.61. The average Bonchev–Trinajstić information content (AvgIpc) is 3.02. The van der Waals surface area contributed by atoms with E-state index in [1.54, 1.807) is 13.2 Å². The van der Waals surface area contributed by atoms with Crippen molar-refractivity contribution in [2.75, 3.05) is 26.8 Å². The summed E-state index contributed by atoms with van der Waals surface area (Å²) in [5.74, 6) is 3.58. The third-order valence-corrected chi connectivity index (χ3v) is 6.57. The fourth-order valence-electron chi connectivity index (χ4n) is 4.49. The van der Waals surface area contributed by atoms with Crippen LogP contribution in [-0.2, 0) is 13.0 Å². The summed E-state index contributed by atoms with van der Waals surface area (Å²) < 4.78 is 14.1. The highest BCUT2D eigenvalue weighted by molar-refractivity contribution is 9.10. The molecule has 1 saturated heterocycles. The molecule has 2 aliphatic rings. The maximum atomic E-state index is 13.3. The van der Waals surface area contributed by atoms with Crippen molar-refractivity contribution in [2.45, 2.75) is 57.9 Å². The number of carbonyl (C=O) groups is 1. The number of amides is 1. The molecular formula is C22H29BrN4O3. The van der Waals surface area contributed by atoms with Gasteiger partial charge in [-0.1, -0.05) is 6.42 Å². The molecule has 30 heavy (non-hydrogen) atoms. The van der Waals surface area contributed by atoms with Crippen LogP contribution >= 0.6 is 15.9 Å². The molecule has 1 atom stereocenters. The lowest BCUT2D eigenvalue weighted by atomic mass is 9.96. The minimum atomic E-state index is 0.0114. The summed E-state index contributed by atoms with van der Waals surface area (Å²) in [4.78, 5) is 15.3. The first-order chi connectivity index (χ1) is 14.6. The molecule has 0 spiro atoms. The lowest BCUT2D eigenvalue weighted by molar-refractivity contribution is 0.0702. The van der Waals surface area contributed by atoms with Crippen LogP contribution < -0.4 is 9.47 Å². The fraction of sp³-hybridized carbons (Fsp3) is 0.591. The van der Waals surface area contributed by atoms with E-state index in [-0.39, 0.29) is 11.8 Å². The summed E-state index contributed by atoms with van der Waals surface area (Å²) in [7, 11) is 1.59. The third-order valence-electron chi connectivity index (χ3n) is 5.98. The van der Waals surface area contributed by atoms with E-state index in [1.807, 2.05) is 17.9 Å². The highest BCUT2D eigenvalue weighted by atomic mass is 79.9. The number of fused-ring (bicyclic) bond motifs is 1. The molecule has 7 nitrogen and oxygen atoms in total. The Morgan fingerprint density at radius 1 is 1.20 bits per heavy atom. The number of rotatable bonds is 5. The van der Waals surface area contributed by atoms with Crippen LogP contribution in [0.25, 0.3) is 0 Å². The maximum Gasteiger partial charge on any atom is 0.254 e. The van der Waals surface area contributed by atoms with E-state index in [1.165, 1.54) is 19.3 Å². The van der Waals surface area contributed by atoms with Gasteiger partial charge in [-0.2, -0.15) is 0 Å². The van der Waals surface area contributed by atoms with E-state index in [2.05, 4.69) is 30.7 Å². The molecule has 3 heterocycles. The molecule has 162 valence electrons. The second-order valence-electron chi connectivity index (χ2n) is 7.95. The van der Waals surface area contributed by atoms with Crippen LogP contribution in [-0.4, -0.2) is 52.4 Å². The Hall–Kier alpha value is -2.09. The van der Waals surface area contributed by atoms with E-state index < -0.39 is 0 Å². The Balaban J connectivity index is 1.55. The maximum absolute atomic E-state index is 13.3. The summed E-state index contributed by atoms with van der Waals surface area (Å²) in [6.45, 7) is 4.86. The number of aryl methyl sites for hydroxylation is 1. The molecule has 4 rings (SSSR count). The van der Waals surface area contributed by atoms with Crippen LogP contribution in [0.3, 0.4) is 0 Å². The highest BCUT2D eigenvalue weighted by Crippen LogP contribution is 2.37. The third kappa shape index (κ3) is 4.19. The Morgan fingerprint density at radius 2 is 2.07 bits per heavy atom. The average molecular weight is 477 g/mol. The van der Waals surface area contributed by atoms with Crippen molar-refractivity contribution in [3.8, 4) is 11.5 Å². The molecule has 8 heteroatoms. The van der Waals surface area contributed by atoms with Crippen molar-refractivity contribution < 1.29 is 14.3 Å². The molecule has 2 aromatic rings.